The normalized spacial score (nSPS) is 20.4. The summed E-state index contributed by atoms with van der Waals surface area (Å²) in [6, 6.07) is 9.05. The number of ether oxygens (including phenoxy) is 1. The van der Waals surface area contributed by atoms with Gasteiger partial charge >= 0.3 is 12.2 Å². The van der Waals surface area contributed by atoms with E-state index in [0.717, 1.165) is 23.4 Å². The Bertz CT molecular complexity index is 1020. The fraction of sp³-hybridized carbons (Fsp3) is 0.333. The number of hydrazone groups is 1. The molecule has 2 amide bonds. The number of alkyl halides is 3. The third-order valence-electron chi connectivity index (χ3n) is 5.61. The van der Waals surface area contributed by atoms with Crippen molar-refractivity contribution in [3.63, 3.8) is 0 Å². The molecule has 2 heterocycles. The Hall–Kier alpha value is -2.74. The van der Waals surface area contributed by atoms with Gasteiger partial charge in [0, 0.05) is 16.3 Å². The Morgan fingerprint density at radius 3 is 2.57 bits per heavy atom. The number of amides is 2. The van der Waals surface area contributed by atoms with Crippen LogP contribution in [0.3, 0.4) is 0 Å². The van der Waals surface area contributed by atoms with E-state index < -0.39 is 23.2 Å². The standard InChI is InChI=1S/C21H19ClF3N3O2/c1-12(2)20-10-28(19(29)26-15-6-3-13(4-7-15)21(23,24)25)27-18(20)16-8-5-14(22)9-17(16)30-11-20/h3-9,12H,10-11H2,1-2H3,(H,26,29). The molecule has 0 radical (unpaired) electrons. The van der Waals surface area contributed by atoms with E-state index in [0.29, 0.717) is 23.9 Å². The molecule has 2 aromatic carbocycles. The lowest BCUT2D eigenvalue weighted by Crippen LogP contribution is -2.47. The zero-order valence-corrected chi connectivity index (χ0v) is 17.0. The van der Waals surface area contributed by atoms with Gasteiger partial charge in [0.1, 0.15) is 12.4 Å². The van der Waals surface area contributed by atoms with Gasteiger partial charge in [0.2, 0.25) is 0 Å². The highest BCUT2D eigenvalue weighted by atomic mass is 35.5. The minimum absolute atomic E-state index is 0.129. The van der Waals surface area contributed by atoms with Crippen LogP contribution in [0.5, 0.6) is 5.75 Å². The molecule has 0 bridgehead atoms. The first-order valence-electron chi connectivity index (χ1n) is 9.38. The first-order chi connectivity index (χ1) is 14.1. The highest BCUT2D eigenvalue weighted by Gasteiger charge is 2.51. The Balaban J connectivity index is 1.60. The highest BCUT2D eigenvalue weighted by Crippen LogP contribution is 2.45. The molecule has 1 N–H and O–H groups in total. The molecule has 9 heteroatoms. The number of benzene rings is 2. The first-order valence-corrected chi connectivity index (χ1v) is 9.75. The van der Waals surface area contributed by atoms with Crippen molar-refractivity contribution in [1.82, 2.24) is 5.01 Å². The molecule has 0 fully saturated rings. The van der Waals surface area contributed by atoms with Crippen molar-refractivity contribution in [2.75, 3.05) is 18.5 Å². The molecular formula is C21H19ClF3N3O2. The Kier molecular flexibility index (Phi) is 4.92. The van der Waals surface area contributed by atoms with E-state index in [2.05, 4.69) is 10.4 Å². The number of rotatable bonds is 2. The van der Waals surface area contributed by atoms with E-state index >= 15 is 0 Å². The number of hydrogen-bond donors (Lipinski definition) is 1. The molecule has 1 atom stereocenters. The van der Waals surface area contributed by atoms with Crippen LogP contribution in [0, 0.1) is 11.3 Å². The van der Waals surface area contributed by atoms with Crippen LogP contribution >= 0.6 is 11.6 Å². The molecule has 4 rings (SSSR count). The third kappa shape index (κ3) is 3.49. The van der Waals surface area contributed by atoms with Gasteiger partial charge in [0.05, 0.1) is 23.2 Å². The quantitative estimate of drug-likeness (QED) is 0.660. The summed E-state index contributed by atoms with van der Waals surface area (Å²) < 4.78 is 44.1. The number of carbonyl (C=O) groups excluding carboxylic acids is 1. The van der Waals surface area contributed by atoms with E-state index in [1.807, 2.05) is 19.9 Å². The lowest BCUT2D eigenvalue weighted by Gasteiger charge is -2.38. The second-order valence-electron chi connectivity index (χ2n) is 7.75. The fourth-order valence-electron chi connectivity index (χ4n) is 3.72. The molecular weight excluding hydrogens is 419 g/mol. The van der Waals surface area contributed by atoms with Crippen molar-refractivity contribution in [3.05, 3.63) is 58.6 Å². The number of fused-ring (bicyclic) bond motifs is 3. The van der Waals surface area contributed by atoms with Crippen LogP contribution in [0.2, 0.25) is 5.02 Å². The van der Waals surface area contributed by atoms with E-state index in [9.17, 15) is 18.0 Å². The van der Waals surface area contributed by atoms with Crippen molar-refractivity contribution in [3.8, 4) is 5.75 Å². The molecule has 5 nitrogen and oxygen atoms in total. The van der Waals surface area contributed by atoms with Crippen molar-refractivity contribution < 1.29 is 22.7 Å². The summed E-state index contributed by atoms with van der Waals surface area (Å²) in [5.41, 5.74) is 0.518. The average molecular weight is 438 g/mol. The summed E-state index contributed by atoms with van der Waals surface area (Å²) in [5, 5.41) is 9.02. The van der Waals surface area contributed by atoms with Gasteiger partial charge in [-0.25, -0.2) is 9.80 Å². The maximum absolute atomic E-state index is 12.8. The summed E-state index contributed by atoms with van der Waals surface area (Å²) in [6.45, 7) is 4.73. The smallest absolute Gasteiger partial charge is 0.416 e. The minimum atomic E-state index is -4.43. The summed E-state index contributed by atoms with van der Waals surface area (Å²) in [6.07, 6.45) is -4.43. The molecule has 2 aliphatic heterocycles. The van der Waals surface area contributed by atoms with Gasteiger partial charge in [-0.3, -0.25) is 0 Å². The van der Waals surface area contributed by atoms with E-state index in [4.69, 9.17) is 16.3 Å². The van der Waals surface area contributed by atoms with E-state index in [1.165, 1.54) is 17.1 Å². The van der Waals surface area contributed by atoms with Crippen LogP contribution in [0.1, 0.15) is 25.0 Å². The van der Waals surface area contributed by atoms with Crippen molar-refractivity contribution in [2.24, 2.45) is 16.4 Å². The Morgan fingerprint density at radius 1 is 1.23 bits per heavy atom. The van der Waals surface area contributed by atoms with Crippen molar-refractivity contribution in [1.29, 1.82) is 0 Å². The Morgan fingerprint density at radius 2 is 1.93 bits per heavy atom. The maximum atomic E-state index is 12.8. The minimum Gasteiger partial charge on any atom is -0.492 e. The SMILES string of the molecule is CC(C)C12COc3cc(Cl)ccc3C1=NN(C(=O)Nc1ccc(C(F)(F)F)cc1)C2. The second kappa shape index (κ2) is 7.19. The first kappa shape index (κ1) is 20.5. The number of nitrogens with one attached hydrogen (secondary N) is 1. The summed E-state index contributed by atoms with van der Waals surface area (Å²) in [4.78, 5) is 12.8. The topological polar surface area (TPSA) is 53.9 Å². The second-order valence-corrected chi connectivity index (χ2v) is 8.19. The van der Waals surface area contributed by atoms with Gasteiger partial charge in [-0.15, -0.1) is 0 Å². The highest BCUT2D eigenvalue weighted by molar-refractivity contribution is 6.31. The lowest BCUT2D eigenvalue weighted by atomic mass is 9.71. The maximum Gasteiger partial charge on any atom is 0.416 e. The Labute approximate surface area is 176 Å². The van der Waals surface area contributed by atoms with E-state index in [-0.39, 0.29) is 11.6 Å². The largest absolute Gasteiger partial charge is 0.492 e. The third-order valence-corrected chi connectivity index (χ3v) is 5.85. The van der Waals surface area contributed by atoms with Gasteiger partial charge in [-0.1, -0.05) is 25.4 Å². The molecule has 0 saturated heterocycles. The number of carbonyl (C=O) groups is 1. The fourth-order valence-corrected chi connectivity index (χ4v) is 3.88. The number of nitrogens with zero attached hydrogens (tertiary/aromatic N) is 2. The van der Waals surface area contributed by atoms with Crippen LogP contribution in [-0.2, 0) is 6.18 Å². The van der Waals surface area contributed by atoms with Gasteiger partial charge < -0.3 is 10.1 Å². The van der Waals surface area contributed by atoms with Crippen molar-refractivity contribution in [2.45, 2.75) is 20.0 Å². The van der Waals surface area contributed by atoms with Crippen LogP contribution in [0.4, 0.5) is 23.7 Å². The van der Waals surface area contributed by atoms with Gasteiger partial charge in [-0.2, -0.15) is 18.3 Å². The van der Waals surface area contributed by atoms with Crippen LogP contribution in [-0.4, -0.2) is 29.9 Å². The van der Waals surface area contributed by atoms with Crippen LogP contribution in [0.25, 0.3) is 0 Å². The van der Waals surface area contributed by atoms with Crippen LogP contribution in [0.15, 0.2) is 47.6 Å². The van der Waals surface area contributed by atoms with Gasteiger partial charge in [-0.05, 0) is 48.4 Å². The van der Waals surface area contributed by atoms with E-state index in [1.54, 1.807) is 12.1 Å². The number of anilines is 1. The molecule has 2 aliphatic rings. The van der Waals surface area contributed by atoms with Gasteiger partial charge in [0.15, 0.2) is 0 Å². The predicted octanol–water partition coefficient (Wildman–Crippen LogP) is 5.65. The monoisotopic (exact) mass is 437 g/mol. The molecule has 0 saturated carbocycles. The van der Waals surface area contributed by atoms with Crippen LogP contribution < -0.4 is 10.1 Å². The summed E-state index contributed by atoms with van der Waals surface area (Å²) in [5.74, 6) is 0.742. The summed E-state index contributed by atoms with van der Waals surface area (Å²) in [7, 11) is 0. The molecule has 30 heavy (non-hydrogen) atoms. The van der Waals surface area contributed by atoms with Crippen molar-refractivity contribution >= 4 is 29.0 Å². The number of hydrogen-bond acceptors (Lipinski definition) is 3. The predicted molar refractivity (Wildman–Crippen MR) is 108 cm³/mol. The molecule has 1 unspecified atom stereocenters. The molecule has 158 valence electrons. The molecule has 0 aliphatic carbocycles. The molecule has 0 aromatic heterocycles. The average Bonchev–Trinajstić information content (AvgIpc) is 3.09. The molecule has 0 spiro atoms. The molecule has 2 aromatic rings. The lowest BCUT2D eigenvalue weighted by molar-refractivity contribution is -0.137. The van der Waals surface area contributed by atoms with Gasteiger partial charge in [0.25, 0.3) is 0 Å². The summed E-state index contributed by atoms with van der Waals surface area (Å²) >= 11 is 6.06. The number of urea groups is 1. The number of halogens is 4. The zero-order valence-electron chi connectivity index (χ0n) is 16.3. The zero-order chi connectivity index (χ0) is 21.7.